The van der Waals surface area contributed by atoms with E-state index in [1.165, 1.54) is 17.5 Å². The van der Waals surface area contributed by atoms with Crippen molar-refractivity contribution in [3.63, 3.8) is 0 Å². The summed E-state index contributed by atoms with van der Waals surface area (Å²) < 4.78 is 0. The molecule has 0 amide bonds. The quantitative estimate of drug-likeness (QED) is 0.784. The third-order valence-electron chi connectivity index (χ3n) is 3.93. The molecule has 2 heteroatoms. The number of aromatic hydroxyl groups is 1. The molecule has 1 aliphatic carbocycles. The Labute approximate surface area is 97.9 Å². The van der Waals surface area contributed by atoms with Crippen LogP contribution in [0.1, 0.15) is 31.4 Å². The van der Waals surface area contributed by atoms with E-state index >= 15 is 0 Å². The molecule has 0 aromatic heterocycles. The van der Waals surface area contributed by atoms with E-state index in [1.807, 2.05) is 6.07 Å². The molecule has 16 heavy (non-hydrogen) atoms. The topological polar surface area (TPSA) is 23.5 Å². The molecule has 2 rings (SSSR count). The second-order valence-electron chi connectivity index (χ2n) is 5.58. The molecule has 88 valence electrons. The van der Waals surface area contributed by atoms with Crippen molar-refractivity contribution in [3.8, 4) is 5.75 Å². The molecule has 0 fully saturated rings. The van der Waals surface area contributed by atoms with Gasteiger partial charge in [-0.15, -0.1) is 0 Å². The van der Waals surface area contributed by atoms with E-state index in [-0.39, 0.29) is 5.41 Å². The minimum Gasteiger partial charge on any atom is -0.508 e. The Kier molecular flexibility index (Phi) is 2.70. The molecule has 1 atom stereocenters. The van der Waals surface area contributed by atoms with E-state index in [0.717, 1.165) is 6.42 Å². The van der Waals surface area contributed by atoms with Crippen LogP contribution in [0.15, 0.2) is 18.2 Å². The first-order valence-electron chi connectivity index (χ1n) is 5.91. The predicted molar refractivity (Wildman–Crippen MR) is 66.9 cm³/mol. The van der Waals surface area contributed by atoms with Crippen LogP contribution in [-0.4, -0.2) is 30.1 Å². The van der Waals surface area contributed by atoms with Crippen molar-refractivity contribution in [3.05, 3.63) is 29.3 Å². The zero-order chi connectivity index (χ0) is 11.9. The van der Waals surface area contributed by atoms with Crippen LogP contribution in [0.4, 0.5) is 0 Å². The van der Waals surface area contributed by atoms with Gasteiger partial charge in [0.15, 0.2) is 0 Å². The van der Waals surface area contributed by atoms with E-state index in [2.05, 4.69) is 38.9 Å². The van der Waals surface area contributed by atoms with E-state index in [0.29, 0.717) is 11.8 Å². The number of likely N-dealkylation sites (N-methyl/N-ethyl adjacent to an activating group) is 1. The number of phenolic OH excluding ortho intramolecular Hbond substituents is 1. The van der Waals surface area contributed by atoms with Crippen molar-refractivity contribution in [2.24, 2.45) is 0 Å². The molecule has 0 heterocycles. The van der Waals surface area contributed by atoms with Gasteiger partial charge in [0.25, 0.3) is 0 Å². The molecule has 0 radical (unpaired) electrons. The summed E-state index contributed by atoms with van der Waals surface area (Å²) in [5.74, 6) is 0.381. The molecule has 0 aliphatic heterocycles. The van der Waals surface area contributed by atoms with Gasteiger partial charge in [-0.25, -0.2) is 0 Å². The summed E-state index contributed by atoms with van der Waals surface area (Å²) in [6, 6.07) is 6.34. The Morgan fingerprint density at radius 3 is 2.62 bits per heavy atom. The lowest BCUT2D eigenvalue weighted by molar-refractivity contribution is 0.175. The van der Waals surface area contributed by atoms with Crippen LogP contribution < -0.4 is 0 Å². The maximum atomic E-state index is 9.63. The van der Waals surface area contributed by atoms with Crippen LogP contribution in [0.25, 0.3) is 0 Å². The average Bonchev–Trinajstić information content (AvgIpc) is 2.18. The molecular weight excluding hydrogens is 198 g/mol. The van der Waals surface area contributed by atoms with Crippen LogP contribution in [0.3, 0.4) is 0 Å². The fourth-order valence-corrected chi connectivity index (χ4v) is 3.12. The molecule has 1 N–H and O–H groups in total. The number of fused-ring (bicyclic) bond motifs is 1. The summed E-state index contributed by atoms with van der Waals surface area (Å²) in [5.41, 5.74) is 2.80. The van der Waals surface area contributed by atoms with Gasteiger partial charge in [-0.3, -0.25) is 0 Å². The monoisotopic (exact) mass is 219 g/mol. The fourth-order valence-electron chi connectivity index (χ4n) is 3.12. The number of phenols is 1. The molecule has 0 saturated carbocycles. The van der Waals surface area contributed by atoms with Crippen LogP contribution in [-0.2, 0) is 11.8 Å². The van der Waals surface area contributed by atoms with Gasteiger partial charge in [0.1, 0.15) is 5.75 Å². The maximum absolute atomic E-state index is 9.63. The Balaban J connectivity index is 2.49. The molecule has 1 aliphatic rings. The van der Waals surface area contributed by atoms with E-state index in [4.69, 9.17) is 0 Å². The van der Waals surface area contributed by atoms with E-state index in [1.54, 1.807) is 6.07 Å². The van der Waals surface area contributed by atoms with Crippen LogP contribution in [0, 0.1) is 0 Å². The third kappa shape index (κ3) is 1.71. The molecular formula is C14H21NO. The first kappa shape index (κ1) is 11.5. The highest BCUT2D eigenvalue weighted by atomic mass is 16.3. The summed E-state index contributed by atoms with van der Waals surface area (Å²) in [7, 11) is 4.28. The molecule has 2 nitrogen and oxygen atoms in total. The lowest BCUT2D eigenvalue weighted by atomic mass is 9.69. The first-order chi connectivity index (χ1) is 7.43. The molecule has 1 aromatic rings. The number of aryl methyl sites for hydroxylation is 1. The van der Waals surface area contributed by atoms with Gasteiger partial charge < -0.3 is 10.0 Å². The maximum Gasteiger partial charge on any atom is 0.115 e. The minimum absolute atomic E-state index is 0.107. The Morgan fingerprint density at radius 2 is 2.00 bits per heavy atom. The highest BCUT2D eigenvalue weighted by Gasteiger charge is 2.37. The van der Waals surface area contributed by atoms with Crippen molar-refractivity contribution < 1.29 is 5.11 Å². The second-order valence-corrected chi connectivity index (χ2v) is 5.58. The van der Waals surface area contributed by atoms with Gasteiger partial charge in [-0.05, 0) is 50.2 Å². The predicted octanol–water partition coefficient (Wildman–Crippen LogP) is 2.55. The smallest absolute Gasteiger partial charge is 0.115 e. The van der Waals surface area contributed by atoms with Crippen molar-refractivity contribution in [1.29, 1.82) is 0 Å². The molecule has 0 saturated heterocycles. The average molecular weight is 219 g/mol. The summed E-state index contributed by atoms with van der Waals surface area (Å²) in [5, 5.41) is 9.63. The fraction of sp³-hybridized carbons (Fsp3) is 0.571. The number of hydrogen-bond donors (Lipinski definition) is 1. The van der Waals surface area contributed by atoms with Crippen LogP contribution >= 0.6 is 0 Å². The van der Waals surface area contributed by atoms with Crippen molar-refractivity contribution >= 4 is 0 Å². The summed E-state index contributed by atoms with van der Waals surface area (Å²) >= 11 is 0. The van der Waals surface area contributed by atoms with E-state index < -0.39 is 0 Å². The highest BCUT2D eigenvalue weighted by molar-refractivity contribution is 5.42. The van der Waals surface area contributed by atoms with Gasteiger partial charge in [-0.2, -0.15) is 0 Å². The first-order valence-corrected chi connectivity index (χ1v) is 5.91. The molecule has 1 aromatic carbocycles. The summed E-state index contributed by atoms with van der Waals surface area (Å²) in [4.78, 5) is 2.30. The lowest BCUT2D eigenvalue weighted by Gasteiger charge is -2.44. The normalized spacial score (nSPS) is 23.2. The Bertz CT molecular complexity index is 396. The Morgan fingerprint density at radius 1 is 1.31 bits per heavy atom. The Hall–Kier alpha value is -1.02. The highest BCUT2D eigenvalue weighted by Crippen LogP contribution is 2.40. The molecule has 0 spiro atoms. The SMILES string of the molecule is CN(C)[C@@H]1CCc2ccc(O)cc2C1(C)C. The van der Waals surface area contributed by atoms with Gasteiger partial charge in [-0.1, -0.05) is 19.9 Å². The van der Waals surface area contributed by atoms with Gasteiger partial charge in [0.2, 0.25) is 0 Å². The largest absolute Gasteiger partial charge is 0.508 e. The second kappa shape index (κ2) is 3.77. The van der Waals surface area contributed by atoms with Gasteiger partial charge >= 0.3 is 0 Å². The third-order valence-corrected chi connectivity index (χ3v) is 3.93. The summed E-state index contributed by atoms with van der Waals surface area (Å²) in [6.45, 7) is 4.55. The van der Waals surface area contributed by atoms with Crippen molar-refractivity contribution in [1.82, 2.24) is 4.90 Å². The number of nitrogens with zero attached hydrogens (tertiary/aromatic N) is 1. The number of hydrogen-bond acceptors (Lipinski definition) is 2. The zero-order valence-electron chi connectivity index (χ0n) is 10.6. The van der Waals surface area contributed by atoms with Crippen LogP contribution in [0.2, 0.25) is 0 Å². The van der Waals surface area contributed by atoms with E-state index in [9.17, 15) is 5.11 Å². The number of benzene rings is 1. The number of rotatable bonds is 1. The standard InChI is InChI=1S/C14H21NO/c1-14(2)12-9-11(16)7-5-10(12)6-8-13(14)15(3)4/h5,7,9,13,16H,6,8H2,1-4H3/t13-/m1/s1. The summed E-state index contributed by atoms with van der Waals surface area (Å²) in [6.07, 6.45) is 2.31. The van der Waals surface area contributed by atoms with Crippen molar-refractivity contribution in [2.75, 3.05) is 14.1 Å². The minimum atomic E-state index is 0.107. The lowest BCUT2D eigenvalue weighted by Crippen LogP contribution is -2.47. The molecule has 0 bridgehead atoms. The zero-order valence-corrected chi connectivity index (χ0v) is 10.6. The van der Waals surface area contributed by atoms with Gasteiger partial charge in [0.05, 0.1) is 0 Å². The van der Waals surface area contributed by atoms with Crippen molar-refractivity contribution in [2.45, 2.75) is 38.1 Å². The molecule has 0 unspecified atom stereocenters. The van der Waals surface area contributed by atoms with Gasteiger partial charge in [0, 0.05) is 11.5 Å². The van der Waals surface area contributed by atoms with Crippen LogP contribution in [0.5, 0.6) is 5.75 Å².